The first kappa shape index (κ1) is 16.7. The molecule has 0 unspecified atom stereocenters. The lowest BCUT2D eigenvalue weighted by Crippen LogP contribution is -2.19. The summed E-state index contributed by atoms with van der Waals surface area (Å²) in [6.07, 6.45) is 4.85. The molecule has 0 aliphatic carbocycles. The van der Waals surface area contributed by atoms with Crippen molar-refractivity contribution < 1.29 is 4.39 Å². The van der Waals surface area contributed by atoms with Gasteiger partial charge in [0.2, 0.25) is 0 Å². The van der Waals surface area contributed by atoms with Gasteiger partial charge in [-0.3, -0.25) is 0 Å². The molecule has 2 nitrogen and oxygen atoms in total. The second kappa shape index (κ2) is 6.61. The first-order valence-corrected chi connectivity index (χ1v) is 8.62. The van der Waals surface area contributed by atoms with Crippen LogP contribution < -0.4 is 0 Å². The molecule has 116 valence electrons. The zero-order valence-electron chi connectivity index (χ0n) is 12.8. The molecule has 1 aromatic carbocycles. The number of nitrogens with one attached hydrogen (secondary N) is 1. The Morgan fingerprint density at radius 2 is 2.05 bits per heavy atom. The van der Waals surface area contributed by atoms with Crippen LogP contribution in [0.2, 0.25) is 0 Å². The van der Waals surface area contributed by atoms with Gasteiger partial charge in [-0.2, -0.15) is 0 Å². The largest absolute Gasteiger partial charge is 0.331 e. The minimum absolute atomic E-state index is 0.145. The van der Waals surface area contributed by atoms with E-state index < -0.39 is 0 Å². The molecule has 0 bridgehead atoms. The maximum absolute atomic E-state index is 13.8. The summed E-state index contributed by atoms with van der Waals surface area (Å²) >= 11 is 8.63. The zero-order valence-corrected chi connectivity index (χ0v) is 15.2. The van der Waals surface area contributed by atoms with E-state index in [1.807, 2.05) is 4.57 Å². The van der Waals surface area contributed by atoms with E-state index in [2.05, 4.69) is 41.7 Å². The second-order valence-electron chi connectivity index (χ2n) is 6.42. The lowest BCUT2D eigenvalue weighted by atomic mass is 9.87. The van der Waals surface area contributed by atoms with E-state index in [0.717, 1.165) is 24.0 Å². The minimum Gasteiger partial charge on any atom is -0.331 e. The fraction of sp³-hybridized carbons (Fsp3) is 0.562. The molecule has 0 saturated heterocycles. The highest BCUT2D eigenvalue weighted by atomic mass is 79.9. The Hall–Kier alpha value is -0.680. The summed E-state index contributed by atoms with van der Waals surface area (Å²) in [7, 11) is 0. The molecule has 0 atom stereocenters. The lowest BCUT2D eigenvalue weighted by molar-refractivity contribution is 0.273. The molecule has 0 aliphatic heterocycles. The van der Waals surface area contributed by atoms with Crippen molar-refractivity contribution in [3.05, 3.63) is 27.2 Å². The third-order valence-corrected chi connectivity index (χ3v) is 4.79. The number of hydrogen-bond acceptors (Lipinski definition) is 1. The van der Waals surface area contributed by atoms with Crippen molar-refractivity contribution >= 4 is 39.2 Å². The standard InChI is InChI=1S/C16H22BrFN2S/c1-4-5-6-7-16(2,3)10-20-14-9-12(18)11(17)8-13(14)19-15(20)21/h8-9H,4-7,10H2,1-3H3,(H,19,21). The summed E-state index contributed by atoms with van der Waals surface area (Å²) in [6.45, 7) is 7.51. The van der Waals surface area contributed by atoms with E-state index >= 15 is 0 Å². The van der Waals surface area contributed by atoms with Crippen LogP contribution in [0.4, 0.5) is 4.39 Å². The Kier molecular flexibility index (Phi) is 5.25. The summed E-state index contributed by atoms with van der Waals surface area (Å²) < 4.78 is 16.9. The fourth-order valence-corrected chi connectivity index (χ4v) is 3.29. The van der Waals surface area contributed by atoms with Crippen LogP contribution in [0.5, 0.6) is 0 Å². The zero-order chi connectivity index (χ0) is 15.6. The lowest BCUT2D eigenvalue weighted by Gasteiger charge is -2.25. The van der Waals surface area contributed by atoms with Crippen molar-refractivity contribution in [1.82, 2.24) is 9.55 Å². The van der Waals surface area contributed by atoms with Crippen molar-refractivity contribution in [3.63, 3.8) is 0 Å². The average Bonchev–Trinajstić information content (AvgIpc) is 2.66. The van der Waals surface area contributed by atoms with E-state index in [4.69, 9.17) is 12.2 Å². The number of nitrogens with zero attached hydrogens (tertiary/aromatic N) is 1. The number of rotatable bonds is 6. The van der Waals surface area contributed by atoms with Gasteiger partial charge < -0.3 is 9.55 Å². The Labute approximate surface area is 138 Å². The molecule has 2 rings (SSSR count). The Balaban J connectivity index is 2.31. The van der Waals surface area contributed by atoms with Crippen molar-refractivity contribution in [2.75, 3.05) is 0 Å². The summed E-state index contributed by atoms with van der Waals surface area (Å²) in [5.74, 6) is -0.256. The van der Waals surface area contributed by atoms with Crippen molar-refractivity contribution in [2.45, 2.75) is 53.0 Å². The first-order chi connectivity index (χ1) is 9.84. The van der Waals surface area contributed by atoms with Gasteiger partial charge in [-0.25, -0.2) is 4.39 Å². The molecule has 0 amide bonds. The van der Waals surface area contributed by atoms with Crippen LogP contribution in [0, 0.1) is 16.0 Å². The molecular weight excluding hydrogens is 351 g/mol. The molecule has 1 heterocycles. The highest BCUT2D eigenvalue weighted by molar-refractivity contribution is 9.10. The second-order valence-corrected chi connectivity index (χ2v) is 7.66. The molecule has 0 radical (unpaired) electrons. The number of hydrogen-bond donors (Lipinski definition) is 1. The van der Waals surface area contributed by atoms with Crippen LogP contribution >= 0.6 is 28.1 Å². The molecule has 0 spiro atoms. The van der Waals surface area contributed by atoms with Gasteiger partial charge in [-0.05, 0) is 46.0 Å². The van der Waals surface area contributed by atoms with Gasteiger partial charge in [-0.1, -0.05) is 40.0 Å². The quantitative estimate of drug-likeness (QED) is 0.472. The number of imidazole rings is 1. The van der Waals surface area contributed by atoms with E-state index in [0.29, 0.717) is 9.24 Å². The van der Waals surface area contributed by atoms with Crippen LogP contribution in [-0.2, 0) is 6.54 Å². The normalized spacial score (nSPS) is 12.2. The first-order valence-electron chi connectivity index (χ1n) is 7.41. The van der Waals surface area contributed by atoms with Gasteiger partial charge in [-0.15, -0.1) is 0 Å². The molecule has 2 aromatic rings. The summed E-state index contributed by atoms with van der Waals surface area (Å²) in [5.41, 5.74) is 1.86. The Morgan fingerprint density at radius 3 is 2.71 bits per heavy atom. The minimum atomic E-state index is -0.256. The van der Waals surface area contributed by atoms with Crippen LogP contribution in [0.1, 0.15) is 46.5 Å². The highest BCUT2D eigenvalue weighted by Crippen LogP contribution is 2.29. The average molecular weight is 373 g/mol. The molecule has 0 fully saturated rings. The highest BCUT2D eigenvalue weighted by Gasteiger charge is 2.20. The van der Waals surface area contributed by atoms with Crippen LogP contribution in [0.25, 0.3) is 11.0 Å². The van der Waals surface area contributed by atoms with Gasteiger partial charge in [0.15, 0.2) is 4.77 Å². The number of H-pyrrole nitrogens is 1. The Morgan fingerprint density at radius 1 is 1.33 bits per heavy atom. The number of unbranched alkanes of at least 4 members (excludes halogenated alkanes) is 2. The molecule has 1 N–H and O–H groups in total. The van der Waals surface area contributed by atoms with Gasteiger partial charge in [0, 0.05) is 12.6 Å². The van der Waals surface area contributed by atoms with E-state index in [-0.39, 0.29) is 11.2 Å². The summed E-state index contributed by atoms with van der Waals surface area (Å²) in [5, 5.41) is 0. The van der Waals surface area contributed by atoms with Gasteiger partial charge in [0.25, 0.3) is 0 Å². The molecule has 21 heavy (non-hydrogen) atoms. The Bertz CT molecular complexity index is 687. The van der Waals surface area contributed by atoms with Crippen molar-refractivity contribution in [3.8, 4) is 0 Å². The number of benzene rings is 1. The smallest absolute Gasteiger partial charge is 0.178 e. The van der Waals surface area contributed by atoms with Gasteiger partial charge in [0.05, 0.1) is 15.5 Å². The maximum Gasteiger partial charge on any atom is 0.178 e. The van der Waals surface area contributed by atoms with Crippen LogP contribution in [0.15, 0.2) is 16.6 Å². The number of aromatic nitrogens is 2. The van der Waals surface area contributed by atoms with Crippen molar-refractivity contribution in [2.24, 2.45) is 5.41 Å². The van der Waals surface area contributed by atoms with E-state index in [1.54, 1.807) is 12.1 Å². The maximum atomic E-state index is 13.8. The third kappa shape index (κ3) is 3.95. The number of halogens is 2. The van der Waals surface area contributed by atoms with Gasteiger partial charge in [0.1, 0.15) is 5.82 Å². The van der Waals surface area contributed by atoms with E-state index in [9.17, 15) is 4.39 Å². The topological polar surface area (TPSA) is 20.7 Å². The van der Waals surface area contributed by atoms with Crippen LogP contribution in [0.3, 0.4) is 0 Å². The monoisotopic (exact) mass is 372 g/mol. The number of fused-ring (bicyclic) bond motifs is 1. The van der Waals surface area contributed by atoms with Crippen LogP contribution in [-0.4, -0.2) is 9.55 Å². The summed E-state index contributed by atoms with van der Waals surface area (Å²) in [4.78, 5) is 3.17. The van der Waals surface area contributed by atoms with Crippen molar-refractivity contribution in [1.29, 1.82) is 0 Å². The molecule has 1 aromatic heterocycles. The predicted octanol–water partition coefficient (Wildman–Crippen LogP) is 6.21. The predicted molar refractivity (Wildman–Crippen MR) is 92.7 cm³/mol. The molecular formula is C16H22BrFN2S. The van der Waals surface area contributed by atoms with E-state index in [1.165, 1.54) is 19.3 Å². The van der Waals surface area contributed by atoms with Gasteiger partial charge >= 0.3 is 0 Å². The fourth-order valence-electron chi connectivity index (χ4n) is 2.67. The summed E-state index contributed by atoms with van der Waals surface area (Å²) in [6, 6.07) is 3.30. The SMILES string of the molecule is CCCCCC(C)(C)Cn1c(=S)[nH]c2cc(Br)c(F)cc21. The third-order valence-electron chi connectivity index (χ3n) is 3.86. The molecule has 0 saturated carbocycles. The number of aromatic amines is 1. The molecule has 0 aliphatic rings. The molecule has 5 heteroatoms.